The van der Waals surface area contributed by atoms with E-state index in [4.69, 9.17) is 44.9 Å². The summed E-state index contributed by atoms with van der Waals surface area (Å²) in [5.74, 6) is 2.56. The first-order valence-corrected chi connectivity index (χ1v) is 37.3. The molecule has 534 valence electrons. The molecule has 20 rings (SSSR count). The van der Waals surface area contributed by atoms with Crippen molar-refractivity contribution in [1.29, 1.82) is 0 Å². The molecule has 0 aliphatic heterocycles. The highest BCUT2D eigenvalue weighted by Gasteiger charge is 2.27. The van der Waals surface area contributed by atoms with E-state index in [9.17, 15) is 6.57 Å². The normalized spacial score (nSPS) is 11.4. The van der Waals surface area contributed by atoms with Gasteiger partial charge in [0.05, 0.1) is 40.0 Å². The van der Waals surface area contributed by atoms with Gasteiger partial charge in [-0.25, -0.2) is 58.5 Å². The molecule has 0 aliphatic carbocycles. The molecule has 20 aromatic rings. The third kappa shape index (κ3) is 12.7. The monoisotopic (exact) mass is 1470 g/mol. The first-order chi connectivity index (χ1) is 56.2. The van der Waals surface area contributed by atoms with Gasteiger partial charge in [0.15, 0.2) is 58.1 Å². The molecular weight excluding hydrogens is 1410 g/mol. The van der Waals surface area contributed by atoms with Gasteiger partial charge >= 0.3 is 0 Å². The van der Waals surface area contributed by atoms with E-state index < -0.39 is 11.6 Å². The lowest BCUT2D eigenvalue weighted by Crippen LogP contribution is -2.05. The van der Waals surface area contributed by atoms with Crippen LogP contribution in [0, 0.1) is 18.2 Å². The zero-order valence-electron chi connectivity index (χ0n) is 60.8. The molecule has 0 N–H and O–H groups in total. The van der Waals surface area contributed by atoms with Crippen molar-refractivity contribution in [2.24, 2.45) is 0 Å². The Kier molecular flexibility index (Phi) is 17.0. The summed E-state index contributed by atoms with van der Waals surface area (Å²) in [5.41, 5.74) is 17.4. The number of fused-ring (bicyclic) bond motifs is 6. The number of nitrogens with zero attached hydrogens (tertiary/aromatic N) is 12. The van der Waals surface area contributed by atoms with Gasteiger partial charge in [0, 0.05) is 77.7 Å². The highest BCUT2D eigenvalue weighted by Crippen LogP contribution is 2.47. The Balaban J connectivity index is 0.917. The Bertz CT molecular complexity index is 6550. The molecule has 5 aromatic heterocycles. The highest BCUT2D eigenvalue weighted by atomic mass is 19.1. The van der Waals surface area contributed by atoms with Crippen LogP contribution in [-0.2, 0) is 0 Å². The molecule has 114 heavy (non-hydrogen) atoms. The minimum atomic E-state index is -0.803. The molecule has 0 amide bonds. The van der Waals surface area contributed by atoms with Crippen LogP contribution in [0.4, 0.5) is 14.5 Å². The summed E-state index contributed by atoms with van der Waals surface area (Å²) in [6, 6.07) is 119. The van der Waals surface area contributed by atoms with E-state index in [0.29, 0.717) is 91.5 Å². The maximum absolute atomic E-state index is 16.2. The van der Waals surface area contributed by atoms with Crippen molar-refractivity contribution < 1.29 is 8.78 Å². The largest absolute Gasteiger partial charge is 0.308 e. The number of hydrogen-bond acceptors (Lipinski definition) is 9. The second-order valence-corrected chi connectivity index (χ2v) is 27.9. The van der Waals surface area contributed by atoms with Gasteiger partial charge in [-0.05, 0) is 111 Å². The molecular formula is C100H60F2N12. The van der Waals surface area contributed by atoms with Crippen molar-refractivity contribution in [1.82, 2.24) is 54.0 Å². The van der Waals surface area contributed by atoms with Gasteiger partial charge in [-0.3, -0.25) is 0 Å². The fraction of sp³-hybridized carbons (Fsp3) is 0. The van der Waals surface area contributed by atoms with Crippen molar-refractivity contribution in [2.45, 2.75) is 0 Å². The average Bonchev–Trinajstić information content (AvgIpc) is 1.34. The molecule has 0 unspecified atom stereocenters. The van der Waals surface area contributed by atoms with Crippen molar-refractivity contribution in [3.63, 3.8) is 0 Å². The van der Waals surface area contributed by atoms with E-state index in [-0.39, 0.29) is 16.8 Å². The van der Waals surface area contributed by atoms with Gasteiger partial charge in [0.25, 0.3) is 0 Å². The Morgan fingerprint density at radius 1 is 0.202 bits per heavy atom. The predicted octanol–water partition coefficient (Wildman–Crippen LogP) is 24.9. The van der Waals surface area contributed by atoms with Crippen LogP contribution >= 0.6 is 0 Å². The van der Waals surface area contributed by atoms with E-state index >= 15 is 8.78 Å². The fourth-order valence-electron chi connectivity index (χ4n) is 15.3. The van der Waals surface area contributed by atoms with E-state index in [0.717, 1.165) is 105 Å². The quantitative estimate of drug-likeness (QED) is 0.0921. The van der Waals surface area contributed by atoms with E-state index in [1.165, 1.54) is 12.1 Å². The minimum Gasteiger partial charge on any atom is -0.308 e. The maximum atomic E-state index is 16.2. The summed E-state index contributed by atoms with van der Waals surface area (Å²) in [6.45, 7) is 9.28. The van der Waals surface area contributed by atoms with Gasteiger partial charge in [-0.15, -0.1) is 0 Å². The molecule has 0 bridgehead atoms. The van der Waals surface area contributed by atoms with Crippen LogP contribution < -0.4 is 0 Å². The first kappa shape index (κ1) is 67.6. The molecule has 0 saturated carbocycles. The molecule has 0 saturated heterocycles. The lowest BCUT2D eigenvalue weighted by molar-refractivity contribution is 0.584. The lowest BCUT2D eigenvalue weighted by Gasteiger charge is -2.20. The molecule has 14 heteroatoms. The molecule has 5 heterocycles. The molecule has 0 aliphatic rings. The summed E-state index contributed by atoms with van der Waals surface area (Å²) >= 11 is 0. The molecule has 0 spiro atoms. The van der Waals surface area contributed by atoms with Crippen molar-refractivity contribution in [3.05, 3.63) is 387 Å². The molecule has 15 aromatic carbocycles. The second-order valence-electron chi connectivity index (χ2n) is 27.9. The van der Waals surface area contributed by atoms with Gasteiger partial charge in [0.1, 0.15) is 11.6 Å². The zero-order chi connectivity index (χ0) is 76.2. The van der Waals surface area contributed by atoms with Crippen LogP contribution in [0.15, 0.2) is 364 Å². The number of aromatic nitrogens is 11. The summed E-state index contributed by atoms with van der Waals surface area (Å²) in [4.78, 5) is 51.3. The Labute approximate surface area is 653 Å². The molecule has 0 fully saturated rings. The Hall–Kier alpha value is -15.7. The minimum absolute atomic E-state index is 0.122. The van der Waals surface area contributed by atoms with Gasteiger partial charge < -0.3 is 9.13 Å². The van der Waals surface area contributed by atoms with E-state index in [2.05, 4.69) is 141 Å². The second kappa shape index (κ2) is 28.7. The van der Waals surface area contributed by atoms with E-state index in [1.807, 2.05) is 218 Å². The fourth-order valence-corrected chi connectivity index (χ4v) is 15.3. The third-order valence-corrected chi connectivity index (χ3v) is 20.8. The molecule has 12 nitrogen and oxygen atoms in total. The van der Waals surface area contributed by atoms with Gasteiger partial charge in [-0.1, -0.05) is 291 Å². The lowest BCUT2D eigenvalue weighted by atomic mass is 9.93. The Morgan fingerprint density at radius 2 is 0.439 bits per heavy atom. The number of rotatable bonds is 15. The third-order valence-electron chi connectivity index (χ3n) is 20.8. The van der Waals surface area contributed by atoms with Crippen LogP contribution in [0.5, 0.6) is 0 Å². The van der Waals surface area contributed by atoms with Crippen LogP contribution in [0.3, 0.4) is 0 Å². The van der Waals surface area contributed by atoms with Crippen LogP contribution in [-0.4, -0.2) is 54.0 Å². The van der Waals surface area contributed by atoms with Gasteiger partial charge in [-0.2, -0.15) is 0 Å². The molecule has 0 atom stereocenters. The summed E-state index contributed by atoms with van der Waals surface area (Å²) in [7, 11) is 0. The number of halogens is 2. The maximum Gasteiger partial charge on any atom is 0.197 e. The van der Waals surface area contributed by atoms with Gasteiger partial charge in [0.2, 0.25) is 0 Å². The SMILES string of the molecule is [C-]#[N+]c1cc(-n2c3cc(-c4nc(-c5ccccc5)nc(-c5ccccc5)n4)ccc3c3ccc(-c4nc(-c5ccccc5)nc(-c5ccccc5)n4)cc32)c(-n2c3cc(-c4cc(-c5ccccc5)cc(-c5ccccc5)c4)ccc3c3ccc(-c4nc(-c5ccccc5)nc(-c5ccccc5)n4)cc32)cc1-c1cc(F)cc(F)c1. The Morgan fingerprint density at radius 3 is 0.719 bits per heavy atom. The first-order valence-electron chi connectivity index (χ1n) is 37.3. The topological polar surface area (TPSA) is 130 Å². The highest BCUT2D eigenvalue weighted by molar-refractivity contribution is 6.14. The predicted molar refractivity (Wildman–Crippen MR) is 452 cm³/mol. The standard InChI is InChI=1S/C100H60F2N12/c1-103-85-61-91(114-88-57-72(99-109-94(66-34-18-6-19-35-66)105-95(110-99)67-36-20-7-21-37-67)44-48-82(88)83-49-45-73(58-89(83)114)100-111-96(68-38-22-8-23-39-68)106-97(112-100)69-40-24-9-25-41-69)90(60-84(85)77-53-78(101)59-79(102)54-77)113-86-55-70(76-51-74(62-26-10-2-11-27-62)50-75(52-76)63-28-12-3-13-29-63)42-46-80(86)81-47-43-71(56-87(81)113)98-107-92(64-30-14-4-15-31-64)104-93(108-98)65-32-16-5-17-33-65/h2-61H. The number of benzene rings is 15. The van der Waals surface area contributed by atoms with Crippen molar-refractivity contribution >= 4 is 49.3 Å². The average molecular weight is 1470 g/mol. The molecule has 0 radical (unpaired) electrons. The van der Waals surface area contributed by atoms with Crippen LogP contribution in [0.2, 0.25) is 0 Å². The summed E-state index contributed by atoms with van der Waals surface area (Å²) in [5, 5.41) is 3.44. The zero-order valence-corrected chi connectivity index (χ0v) is 60.8. The van der Waals surface area contributed by atoms with E-state index in [1.54, 1.807) is 0 Å². The smallest absolute Gasteiger partial charge is 0.197 e. The van der Waals surface area contributed by atoms with Crippen LogP contribution in [0.1, 0.15) is 0 Å². The summed E-state index contributed by atoms with van der Waals surface area (Å²) in [6.07, 6.45) is 0. The van der Waals surface area contributed by atoms with Crippen molar-refractivity contribution in [3.8, 4) is 158 Å². The van der Waals surface area contributed by atoms with Crippen LogP contribution in [0.25, 0.3) is 207 Å². The number of hydrogen-bond donors (Lipinski definition) is 0. The van der Waals surface area contributed by atoms with Crippen molar-refractivity contribution in [2.75, 3.05) is 0 Å². The summed E-state index contributed by atoms with van der Waals surface area (Å²) < 4.78 is 36.8.